The van der Waals surface area contributed by atoms with Gasteiger partial charge in [0, 0.05) is 72.2 Å². The molecule has 352 valence electrons. The zero-order chi connectivity index (χ0) is 49.0. The third-order valence-electron chi connectivity index (χ3n) is 12.2. The number of phenols is 4. The maximum atomic E-state index is 15.0. The molecule has 0 saturated carbocycles. The topological polar surface area (TPSA) is 273 Å². The fourth-order valence-electron chi connectivity index (χ4n) is 8.39. The van der Waals surface area contributed by atoms with Gasteiger partial charge in [-0.15, -0.1) is 0 Å². The van der Waals surface area contributed by atoms with Gasteiger partial charge in [-0.2, -0.15) is 0 Å². The lowest BCUT2D eigenvalue weighted by Crippen LogP contribution is -2.41. The van der Waals surface area contributed by atoms with Gasteiger partial charge in [-0.3, -0.25) is 24.0 Å². The quantitative estimate of drug-likeness (QED) is 0.0241. The van der Waals surface area contributed by atoms with Crippen molar-refractivity contribution in [2.75, 3.05) is 27.4 Å². The summed E-state index contributed by atoms with van der Waals surface area (Å²) in [5.41, 5.74) is -0.545. The Morgan fingerprint density at radius 2 is 0.864 bits per heavy atom. The SMILES string of the molecule is CCc1c(O)cc(O)c(C(=O)c2ccc(OC)cc2)c1CC(=O)CC(C(=N)C(CC)CO)C(=O)C(CC(=O)Cc1c(CC)c(O)cc(O)c1C(=O)c1ccc(OC)cc1)C(=N)C(CC)CO. The summed E-state index contributed by atoms with van der Waals surface area (Å²) in [6, 6.07) is 14.1. The van der Waals surface area contributed by atoms with Crippen molar-refractivity contribution in [3.05, 3.63) is 105 Å². The van der Waals surface area contributed by atoms with Crippen LogP contribution in [0.5, 0.6) is 34.5 Å². The molecule has 4 aromatic carbocycles. The Labute approximate surface area is 384 Å². The molecule has 0 radical (unpaired) electrons. The molecule has 4 rings (SSSR count). The summed E-state index contributed by atoms with van der Waals surface area (Å²) in [6.45, 7) is 5.54. The number of carbonyl (C=O) groups is 5. The highest BCUT2D eigenvalue weighted by atomic mass is 16.5. The van der Waals surface area contributed by atoms with Crippen LogP contribution in [0.2, 0.25) is 0 Å². The highest BCUT2D eigenvalue weighted by Gasteiger charge is 2.39. The van der Waals surface area contributed by atoms with Crippen LogP contribution in [0.25, 0.3) is 0 Å². The average molecular weight is 909 g/mol. The van der Waals surface area contributed by atoms with Crippen molar-refractivity contribution in [3.8, 4) is 34.5 Å². The summed E-state index contributed by atoms with van der Waals surface area (Å²) in [4.78, 5) is 71.7. The Bertz CT molecular complexity index is 2280. The van der Waals surface area contributed by atoms with E-state index in [4.69, 9.17) is 9.47 Å². The number of nitrogens with one attached hydrogen (secondary N) is 2. The lowest BCUT2D eigenvalue weighted by atomic mass is 9.74. The van der Waals surface area contributed by atoms with Crippen LogP contribution >= 0.6 is 0 Å². The molecular weight excluding hydrogens is 849 g/mol. The van der Waals surface area contributed by atoms with Gasteiger partial charge in [-0.25, -0.2) is 0 Å². The minimum absolute atomic E-state index is 0.000341. The van der Waals surface area contributed by atoms with Crippen LogP contribution in [0.15, 0.2) is 60.7 Å². The highest BCUT2D eigenvalue weighted by molar-refractivity contribution is 6.18. The summed E-state index contributed by atoms with van der Waals surface area (Å²) in [5, 5.41) is 83.0. The average Bonchev–Trinajstić information content (AvgIpc) is 3.30. The molecule has 66 heavy (non-hydrogen) atoms. The first-order valence-electron chi connectivity index (χ1n) is 21.9. The van der Waals surface area contributed by atoms with Crippen LogP contribution in [0.4, 0.5) is 0 Å². The van der Waals surface area contributed by atoms with Gasteiger partial charge in [0.25, 0.3) is 0 Å². The molecule has 15 heteroatoms. The number of rotatable bonds is 26. The van der Waals surface area contributed by atoms with E-state index in [0.29, 0.717) is 11.5 Å². The Kier molecular flexibility index (Phi) is 18.5. The minimum Gasteiger partial charge on any atom is -0.508 e. The molecule has 0 aromatic heterocycles. The summed E-state index contributed by atoms with van der Waals surface area (Å²) in [6.07, 6.45) is -1.96. The van der Waals surface area contributed by atoms with Gasteiger partial charge in [0.2, 0.25) is 0 Å². The number of ketones is 5. The first-order chi connectivity index (χ1) is 31.4. The first kappa shape index (κ1) is 51.9. The van der Waals surface area contributed by atoms with Crippen molar-refractivity contribution in [3.63, 3.8) is 0 Å². The van der Waals surface area contributed by atoms with Crippen molar-refractivity contribution in [2.45, 2.75) is 79.1 Å². The lowest BCUT2D eigenvalue weighted by Gasteiger charge is -2.28. The third kappa shape index (κ3) is 11.6. The van der Waals surface area contributed by atoms with E-state index in [1.54, 1.807) is 52.0 Å². The number of carbonyl (C=O) groups excluding carboxylic acids is 5. The number of phenolic OH excluding ortho intramolecular Hbond substituents is 4. The molecule has 0 aliphatic carbocycles. The van der Waals surface area contributed by atoms with E-state index in [9.17, 15) is 60.6 Å². The normalized spacial score (nSPS) is 13.0. The number of methoxy groups -OCH3 is 2. The maximum absolute atomic E-state index is 15.0. The van der Waals surface area contributed by atoms with Gasteiger partial charge >= 0.3 is 0 Å². The third-order valence-corrected chi connectivity index (χ3v) is 12.2. The van der Waals surface area contributed by atoms with Crippen molar-refractivity contribution in [1.82, 2.24) is 0 Å². The fourth-order valence-corrected chi connectivity index (χ4v) is 8.39. The number of ether oxygens (including phenoxy) is 2. The molecule has 0 heterocycles. The molecule has 4 unspecified atom stereocenters. The van der Waals surface area contributed by atoms with Crippen LogP contribution in [0, 0.1) is 34.5 Å². The van der Waals surface area contributed by atoms with Gasteiger partial charge in [0.15, 0.2) is 17.3 Å². The van der Waals surface area contributed by atoms with Gasteiger partial charge in [-0.1, -0.05) is 27.7 Å². The molecule has 0 bridgehead atoms. The molecule has 0 spiro atoms. The number of hydrogen-bond acceptors (Lipinski definition) is 15. The maximum Gasteiger partial charge on any atom is 0.197 e. The van der Waals surface area contributed by atoms with Crippen molar-refractivity contribution >= 4 is 40.3 Å². The van der Waals surface area contributed by atoms with Gasteiger partial charge < -0.3 is 50.9 Å². The standard InChI is InChI=1S/C51H60N2O13/c1-7-27(25-54)47(52)39(21-31(56)19-37-35(9-3)41(58)23-43(60)45(37)49(62)29-11-15-33(65-5)16-12-29)51(64)40(48(53)28(8-2)26-55)22-32(57)20-38-36(10-4)42(59)24-44(61)46(38)50(63)30-13-17-34(66-6)18-14-30/h11-18,23-24,27-28,39-40,52-55,58-61H,7-10,19-22,25-26H2,1-6H3. The fraction of sp³-hybridized carbons (Fsp3) is 0.392. The number of Topliss-reactive ketones (excluding diaryl/α,β-unsaturated/α-hetero) is 3. The zero-order valence-corrected chi connectivity index (χ0v) is 38.2. The van der Waals surface area contributed by atoms with Gasteiger partial charge in [0.05, 0.1) is 50.4 Å². The number of aromatic hydroxyl groups is 4. The Balaban J connectivity index is 1.80. The van der Waals surface area contributed by atoms with Crippen LogP contribution in [-0.2, 0) is 40.1 Å². The number of aliphatic hydroxyl groups excluding tert-OH is 2. The van der Waals surface area contributed by atoms with Crippen LogP contribution in [0.3, 0.4) is 0 Å². The largest absolute Gasteiger partial charge is 0.508 e. The van der Waals surface area contributed by atoms with Crippen molar-refractivity contribution in [2.24, 2.45) is 23.7 Å². The molecule has 0 fully saturated rings. The van der Waals surface area contributed by atoms with Gasteiger partial charge in [0.1, 0.15) is 46.1 Å². The predicted octanol–water partition coefficient (Wildman–Crippen LogP) is 6.69. The second kappa shape index (κ2) is 23.5. The molecule has 0 saturated heterocycles. The zero-order valence-electron chi connectivity index (χ0n) is 38.2. The van der Waals surface area contributed by atoms with Crippen molar-refractivity contribution < 1.29 is 64.1 Å². The summed E-state index contributed by atoms with van der Waals surface area (Å²) in [7, 11) is 2.91. The van der Waals surface area contributed by atoms with Crippen LogP contribution in [0.1, 0.15) is 107 Å². The summed E-state index contributed by atoms with van der Waals surface area (Å²) in [5.74, 6) is -9.74. The summed E-state index contributed by atoms with van der Waals surface area (Å²) < 4.78 is 10.4. The molecular formula is C51H60N2O13. The Morgan fingerprint density at radius 3 is 1.14 bits per heavy atom. The number of aliphatic hydroxyl groups is 2. The van der Waals surface area contributed by atoms with E-state index in [0.717, 1.165) is 12.1 Å². The van der Waals surface area contributed by atoms with Crippen LogP contribution < -0.4 is 9.47 Å². The van der Waals surface area contributed by atoms with E-state index in [1.807, 2.05) is 0 Å². The van der Waals surface area contributed by atoms with Gasteiger partial charge in [-0.05, 0) is 96.5 Å². The van der Waals surface area contributed by atoms with Crippen molar-refractivity contribution in [1.29, 1.82) is 10.8 Å². The lowest BCUT2D eigenvalue weighted by molar-refractivity contribution is -0.129. The molecule has 4 atom stereocenters. The van der Waals surface area contributed by atoms with E-state index < -0.39 is 103 Å². The monoisotopic (exact) mass is 908 g/mol. The number of hydrogen-bond donors (Lipinski definition) is 8. The predicted molar refractivity (Wildman–Crippen MR) is 247 cm³/mol. The molecule has 8 N–H and O–H groups in total. The second-order valence-corrected chi connectivity index (χ2v) is 16.1. The first-order valence-corrected chi connectivity index (χ1v) is 21.9. The second-order valence-electron chi connectivity index (χ2n) is 16.1. The molecule has 0 amide bonds. The number of benzene rings is 4. The van der Waals surface area contributed by atoms with E-state index in [-0.39, 0.29) is 93.1 Å². The molecule has 0 aliphatic rings. The summed E-state index contributed by atoms with van der Waals surface area (Å²) >= 11 is 0. The van der Waals surface area contributed by atoms with E-state index in [2.05, 4.69) is 0 Å². The Morgan fingerprint density at radius 1 is 0.530 bits per heavy atom. The molecule has 15 nitrogen and oxygen atoms in total. The van der Waals surface area contributed by atoms with Crippen LogP contribution in [-0.4, -0.2) is 98.4 Å². The Hall–Kier alpha value is -6.71. The van der Waals surface area contributed by atoms with E-state index in [1.165, 1.54) is 38.5 Å². The van der Waals surface area contributed by atoms with E-state index >= 15 is 4.79 Å². The smallest absolute Gasteiger partial charge is 0.197 e. The highest BCUT2D eigenvalue weighted by Crippen LogP contribution is 2.38. The molecule has 0 aliphatic heterocycles. The molecule has 4 aromatic rings. The minimum atomic E-state index is -1.62.